The number of carbonyl (C=O) groups excluding carboxylic acids is 1. The summed E-state index contributed by atoms with van der Waals surface area (Å²) in [6, 6.07) is 12.6. The highest BCUT2D eigenvalue weighted by molar-refractivity contribution is 5.93. The van der Waals surface area contributed by atoms with Gasteiger partial charge in [0, 0.05) is 37.8 Å². The Morgan fingerprint density at radius 1 is 1.12 bits per heavy atom. The highest BCUT2D eigenvalue weighted by atomic mass is 19.1. The lowest BCUT2D eigenvalue weighted by Crippen LogP contribution is -2.44. The van der Waals surface area contributed by atoms with E-state index in [4.69, 9.17) is 4.52 Å². The maximum atomic E-state index is 14.2. The fraction of sp³-hybridized carbons (Fsp3) is 0.269. The number of aromatic nitrogens is 3. The minimum atomic E-state index is -0.779. The first-order valence-electron chi connectivity index (χ1n) is 11.1. The van der Waals surface area contributed by atoms with E-state index < -0.39 is 11.6 Å². The summed E-state index contributed by atoms with van der Waals surface area (Å²) in [5.41, 5.74) is 3.40. The fourth-order valence-corrected chi connectivity index (χ4v) is 4.85. The average molecular weight is 463 g/mol. The Labute approximate surface area is 195 Å². The van der Waals surface area contributed by atoms with Gasteiger partial charge >= 0.3 is 0 Å². The average Bonchev–Trinajstić information content (AvgIpc) is 3.47. The van der Waals surface area contributed by atoms with Crippen LogP contribution in [0.1, 0.15) is 53.0 Å². The molecule has 0 aliphatic carbocycles. The van der Waals surface area contributed by atoms with E-state index in [9.17, 15) is 13.6 Å². The van der Waals surface area contributed by atoms with Crippen LogP contribution in [0.25, 0.3) is 11.3 Å². The summed E-state index contributed by atoms with van der Waals surface area (Å²) in [5, 5.41) is 8.26. The second kappa shape index (κ2) is 8.52. The molecule has 3 heterocycles. The second-order valence-corrected chi connectivity index (χ2v) is 8.98. The van der Waals surface area contributed by atoms with Crippen LogP contribution in [-0.2, 0) is 7.05 Å². The summed E-state index contributed by atoms with van der Waals surface area (Å²) >= 11 is 0. The molecule has 0 saturated carbocycles. The van der Waals surface area contributed by atoms with Crippen molar-refractivity contribution in [1.82, 2.24) is 19.8 Å². The zero-order valence-electron chi connectivity index (χ0n) is 19.1. The molecule has 0 N–H and O–H groups in total. The van der Waals surface area contributed by atoms with Crippen LogP contribution in [0.2, 0.25) is 0 Å². The molecule has 1 amide bonds. The molecule has 0 radical (unpaired) electrons. The van der Waals surface area contributed by atoms with E-state index in [1.165, 1.54) is 17.7 Å². The minimum absolute atomic E-state index is 0.0468. The molecule has 6 nitrogen and oxygen atoms in total. The van der Waals surface area contributed by atoms with Gasteiger partial charge in [-0.2, -0.15) is 5.10 Å². The molecular formula is C26H24F2N4O2. The first-order valence-corrected chi connectivity index (χ1v) is 11.1. The van der Waals surface area contributed by atoms with Crippen molar-refractivity contribution in [2.75, 3.05) is 6.54 Å². The van der Waals surface area contributed by atoms with Gasteiger partial charge in [0.2, 0.25) is 0 Å². The first kappa shape index (κ1) is 22.0. The molecule has 0 spiro atoms. The summed E-state index contributed by atoms with van der Waals surface area (Å²) < 4.78 is 34.6. The summed E-state index contributed by atoms with van der Waals surface area (Å²) in [7, 11) is 1.86. The van der Waals surface area contributed by atoms with Gasteiger partial charge in [-0.3, -0.25) is 9.48 Å². The summed E-state index contributed by atoms with van der Waals surface area (Å²) in [5.74, 6) is -1.61. The number of aryl methyl sites for hydroxylation is 1. The number of hydrogen-bond donors (Lipinski definition) is 0. The number of carbonyl (C=O) groups is 1. The third-order valence-electron chi connectivity index (χ3n) is 6.35. The van der Waals surface area contributed by atoms with E-state index in [0.29, 0.717) is 6.54 Å². The summed E-state index contributed by atoms with van der Waals surface area (Å²) in [6.07, 6.45) is 3.79. The van der Waals surface area contributed by atoms with Crippen molar-refractivity contribution in [3.8, 4) is 11.3 Å². The van der Waals surface area contributed by atoms with Crippen LogP contribution in [0.4, 0.5) is 8.78 Å². The Morgan fingerprint density at radius 3 is 2.56 bits per heavy atom. The van der Waals surface area contributed by atoms with Crippen LogP contribution in [-0.4, -0.2) is 32.3 Å². The Morgan fingerprint density at radius 2 is 1.88 bits per heavy atom. The van der Waals surface area contributed by atoms with Crippen LogP contribution < -0.4 is 0 Å². The molecule has 2 unspecified atom stereocenters. The van der Waals surface area contributed by atoms with E-state index in [2.05, 4.69) is 36.2 Å². The highest BCUT2D eigenvalue weighted by Gasteiger charge is 2.39. The Balaban J connectivity index is 1.54. The van der Waals surface area contributed by atoms with E-state index in [1.54, 1.807) is 4.68 Å². The van der Waals surface area contributed by atoms with Crippen LogP contribution in [0.3, 0.4) is 0 Å². The molecule has 174 valence electrons. The Bertz CT molecular complexity index is 1360. The van der Waals surface area contributed by atoms with Gasteiger partial charge in [-0.25, -0.2) is 8.78 Å². The molecule has 0 fully saturated rings. The van der Waals surface area contributed by atoms with Crippen molar-refractivity contribution in [3.05, 3.63) is 94.9 Å². The third kappa shape index (κ3) is 3.79. The number of benzene rings is 2. The van der Waals surface area contributed by atoms with Crippen molar-refractivity contribution in [1.29, 1.82) is 0 Å². The topological polar surface area (TPSA) is 64.2 Å². The molecule has 0 saturated heterocycles. The molecule has 34 heavy (non-hydrogen) atoms. The smallest absolute Gasteiger partial charge is 0.276 e. The van der Waals surface area contributed by atoms with E-state index in [0.717, 1.165) is 23.3 Å². The predicted octanol–water partition coefficient (Wildman–Crippen LogP) is 5.34. The predicted molar refractivity (Wildman–Crippen MR) is 122 cm³/mol. The van der Waals surface area contributed by atoms with Gasteiger partial charge in [0.25, 0.3) is 5.91 Å². The largest absolute Gasteiger partial charge is 0.355 e. The number of amides is 1. The number of fused-ring (bicyclic) bond motifs is 1. The van der Waals surface area contributed by atoms with E-state index in [1.807, 2.05) is 36.5 Å². The molecule has 1 aliphatic rings. The maximum absolute atomic E-state index is 14.2. The van der Waals surface area contributed by atoms with E-state index >= 15 is 0 Å². The maximum Gasteiger partial charge on any atom is 0.276 e. The Hall–Kier alpha value is -3.81. The van der Waals surface area contributed by atoms with Gasteiger partial charge in [-0.05, 0) is 34.7 Å². The van der Waals surface area contributed by atoms with Crippen molar-refractivity contribution < 1.29 is 18.1 Å². The molecular weight excluding hydrogens is 438 g/mol. The molecule has 5 rings (SSSR count). The molecule has 8 heteroatoms. The van der Waals surface area contributed by atoms with Crippen molar-refractivity contribution in [2.24, 2.45) is 13.0 Å². The molecule has 1 aliphatic heterocycles. The van der Waals surface area contributed by atoms with Crippen molar-refractivity contribution in [2.45, 2.75) is 25.8 Å². The third-order valence-corrected chi connectivity index (χ3v) is 6.35. The number of hydrogen-bond acceptors (Lipinski definition) is 4. The van der Waals surface area contributed by atoms with Gasteiger partial charge in [-0.1, -0.05) is 43.3 Å². The Kier molecular flexibility index (Phi) is 5.51. The van der Waals surface area contributed by atoms with Gasteiger partial charge in [0.1, 0.15) is 11.6 Å². The lowest BCUT2D eigenvalue weighted by molar-refractivity contribution is 0.0577. The van der Waals surface area contributed by atoms with Crippen molar-refractivity contribution >= 4 is 5.91 Å². The lowest BCUT2D eigenvalue weighted by atomic mass is 9.79. The van der Waals surface area contributed by atoms with Crippen LogP contribution >= 0.6 is 0 Å². The van der Waals surface area contributed by atoms with Gasteiger partial charge in [0.05, 0.1) is 17.8 Å². The van der Waals surface area contributed by atoms with E-state index in [-0.39, 0.29) is 40.8 Å². The zero-order valence-corrected chi connectivity index (χ0v) is 19.1. The van der Waals surface area contributed by atoms with Gasteiger partial charge in [-0.15, -0.1) is 0 Å². The summed E-state index contributed by atoms with van der Waals surface area (Å²) in [6.45, 7) is 4.60. The van der Waals surface area contributed by atoms with Gasteiger partial charge < -0.3 is 9.42 Å². The van der Waals surface area contributed by atoms with Crippen LogP contribution in [0, 0.1) is 17.6 Å². The molecule has 2 aromatic heterocycles. The molecule has 0 bridgehead atoms. The quantitative estimate of drug-likeness (QED) is 0.411. The van der Waals surface area contributed by atoms with Crippen LogP contribution in [0.5, 0.6) is 0 Å². The molecule has 2 atom stereocenters. The normalized spacial score (nSPS) is 17.8. The molecule has 2 aromatic carbocycles. The SMILES string of the molecule is CC(C)C1c2ccccc2C(c2cnn(C)c2)CN1C(=O)c1cc(-c2ccc(F)cc2F)on1. The first-order chi connectivity index (χ1) is 16.3. The van der Waals surface area contributed by atoms with Gasteiger partial charge in [0.15, 0.2) is 11.5 Å². The lowest BCUT2D eigenvalue weighted by Gasteiger charge is -2.42. The minimum Gasteiger partial charge on any atom is -0.355 e. The fourth-order valence-electron chi connectivity index (χ4n) is 4.85. The zero-order chi connectivity index (χ0) is 24.0. The highest BCUT2D eigenvalue weighted by Crippen LogP contribution is 2.43. The summed E-state index contributed by atoms with van der Waals surface area (Å²) in [4.78, 5) is 15.5. The second-order valence-electron chi connectivity index (χ2n) is 8.98. The number of halogens is 2. The number of nitrogens with zero attached hydrogens (tertiary/aromatic N) is 4. The van der Waals surface area contributed by atoms with Crippen LogP contribution in [0.15, 0.2) is 65.4 Å². The standard InChI is InChI=1S/C26H24F2N4O2/c1-15(2)25-19-7-5-4-6-18(19)21(16-12-29-31(3)13-16)14-32(25)26(33)23-11-24(34-30-23)20-9-8-17(27)10-22(20)28/h4-13,15,21,25H,14H2,1-3H3. The molecule has 4 aromatic rings. The number of rotatable bonds is 4. The monoisotopic (exact) mass is 462 g/mol. The van der Waals surface area contributed by atoms with Crippen molar-refractivity contribution in [3.63, 3.8) is 0 Å².